The van der Waals surface area contributed by atoms with Gasteiger partial charge in [-0.1, -0.05) is 6.92 Å². The molecule has 2 nitrogen and oxygen atoms in total. The van der Waals surface area contributed by atoms with Gasteiger partial charge in [0.15, 0.2) is 0 Å². The minimum atomic E-state index is 0. The van der Waals surface area contributed by atoms with Gasteiger partial charge in [0, 0.05) is 0 Å². The minimum absolute atomic E-state index is 0. The molecule has 0 atom stereocenters. The summed E-state index contributed by atoms with van der Waals surface area (Å²) in [6, 6.07) is 0. The van der Waals surface area contributed by atoms with E-state index in [1.54, 1.807) is 6.92 Å². The summed E-state index contributed by atoms with van der Waals surface area (Å²) in [5, 5.41) is 17.2. The molecule has 0 saturated carbocycles. The van der Waals surface area contributed by atoms with E-state index >= 15 is 0 Å². The maximum atomic E-state index is 8.93. The van der Waals surface area contributed by atoms with E-state index in [-0.39, 0.29) is 44.3 Å². The van der Waals surface area contributed by atoms with Crippen LogP contribution in [0.3, 0.4) is 0 Å². The molecule has 3 heteroatoms. The minimum Gasteiger partial charge on any atom is -0.857 e. The summed E-state index contributed by atoms with van der Waals surface area (Å²) < 4.78 is 0. The number of hydrogen-bond donors (Lipinski definition) is 0. The summed E-state index contributed by atoms with van der Waals surface area (Å²) in [6.07, 6.45) is 0. The fourth-order valence-electron chi connectivity index (χ4n) is 0. The molecule has 0 aliphatic heterocycles. The van der Waals surface area contributed by atoms with E-state index in [0.29, 0.717) is 0 Å². The summed E-state index contributed by atoms with van der Waals surface area (Å²) in [5.41, 5.74) is 0. The molecule has 0 spiro atoms. The van der Waals surface area contributed by atoms with E-state index in [4.69, 9.17) is 10.2 Å². The second-order valence-electron chi connectivity index (χ2n) is 0.289. The van der Waals surface area contributed by atoms with Crippen molar-refractivity contribution >= 4 is 37.7 Å². The molecule has 0 bridgehead atoms. The second-order valence-corrected chi connectivity index (χ2v) is 0.289. The second kappa shape index (κ2) is 34.9. The van der Waals surface area contributed by atoms with Crippen LogP contribution in [0.15, 0.2) is 0 Å². The molecule has 0 aliphatic carbocycles. The Morgan fingerprint density at radius 3 is 1.33 bits per heavy atom. The molecule has 0 fully saturated rings. The molecule has 0 heterocycles. The Labute approximate surface area is 68.2 Å². The zero-order valence-electron chi connectivity index (χ0n) is 4.23. The van der Waals surface area contributed by atoms with Crippen LogP contribution < -0.4 is 10.2 Å². The molecular formula is C3H8CaO2. The van der Waals surface area contributed by atoms with Gasteiger partial charge in [0.05, 0.1) is 0 Å². The predicted molar refractivity (Wildman–Crippen MR) is 22.2 cm³/mol. The third kappa shape index (κ3) is 65.0. The van der Waals surface area contributed by atoms with Crippen LogP contribution in [0.25, 0.3) is 0 Å². The summed E-state index contributed by atoms with van der Waals surface area (Å²) in [4.78, 5) is 0. The van der Waals surface area contributed by atoms with E-state index in [2.05, 4.69) is 0 Å². The van der Waals surface area contributed by atoms with Crippen LogP contribution in [0.5, 0.6) is 0 Å². The van der Waals surface area contributed by atoms with Gasteiger partial charge in [-0.2, -0.15) is 7.11 Å². The first-order valence-electron chi connectivity index (χ1n) is 1.40. The summed E-state index contributed by atoms with van der Waals surface area (Å²) in [5.74, 6) is 0. The molecule has 0 saturated heterocycles. The average molecular weight is 116 g/mol. The summed E-state index contributed by atoms with van der Waals surface area (Å²) in [7, 11) is 0.750. The third-order valence-corrected chi connectivity index (χ3v) is 0. The molecule has 0 amide bonds. The van der Waals surface area contributed by atoms with Gasteiger partial charge < -0.3 is 10.2 Å². The maximum Gasteiger partial charge on any atom is 2.00 e. The Balaban J connectivity index is -0.0000000275. The number of rotatable bonds is 0. The van der Waals surface area contributed by atoms with Crippen molar-refractivity contribution in [1.82, 2.24) is 0 Å². The van der Waals surface area contributed by atoms with Crippen LogP contribution in [0.1, 0.15) is 6.92 Å². The molecule has 0 radical (unpaired) electrons. The normalized spacial score (nSPS) is 4.00. The molecular weight excluding hydrogens is 108 g/mol. The van der Waals surface area contributed by atoms with Crippen molar-refractivity contribution in [3.05, 3.63) is 0 Å². The van der Waals surface area contributed by atoms with E-state index in [0.717, 1.165) is 7.11 Å². The molecule has 34 valence electrons. The van der Waals surface area contributed by atoms with Crippen LogP contribution in [0, 0.1) is 0 Å². The third-order valence-electron chi connectivity index (χ3n) is 0. The van der Waals surface area contributed by atoms with Gasteiger partial charge in [-0.05, 0) is 0 Å². The number of hydrogen-bond acceptors (Lipinski definition) is 2. The summed E-state index contributed by atoms with van der Waals surface area (Å²) in [6.45, 7) is 1.57. The van der Waals surface area contributed by atoms with E-state index in [9.17, 15) is 0 Å². The zero-order valence-corrected chi connectivity index (χ0v) is 6.44. The average Bonchev–Trinajstić information content (AvgIpc) is 1.46. The first-order valence-corrected chi connectivity index (χ1v) is 1.40. The van der Waals surface area contributed by atoms with Crippen LogP contribution in [0.2, 0.25) is 0 Å². The molecule has 0 aromatic carbocycles. The molecule has 0 aromatic rings. The Morgan fingerprint density at radius 1 is 1.33 bits per heavy atom. The SMILES string of the molecule is CC[O-].C[O-].[Ca+2]. The van der Waals surface area contributed by atoms with Crippen molar-refractivity contribution in [2.24, 2.45) is 0 Å². The van der Waals surface area contributed by atoms with E-state index in [1.165, 1.54) is 0 Å². The molecule has 0 rings (SSSR count). The Kier molecular flexibility index (Phi) is 91.3. The fourth-order valence-corrected chi connectivity index (χ4v) is 0. The van der Waals surface area contributed by atoms with E-state index < -0.39 is 0 Å². The smallest absolute Gasteiger partial charge is 0.857 e. The molecule has 6 heavy (non-hydrogen) atoms. The monoisotopic (exact) mass is 116 g/mol. The van der Waals surface area contributed by atoms with Gasteiger partial charge in [0.25, 0.3) is 0 Å². The van der Waals surface area contributed by atoms with Gasteiger partial charge in [-0.3, -0.25) is 0 Å². The van der Waals surface area contributed by atoms with Gasteiger partial charge >= 0.3 is 37.7 Å². The summed E-state index contributed by atoms with van der Waals surface area (Å²) >= 11 is 0. The van der Waals surface area contributed by atoms with Crippen molar-refractivity contribution in [3.63, 3.8) is 0 Å². The van der Waals surface area contributed by atoms with Gasteiger partial charge in [-0.15, -0.1) is 6.61 Å². The van der Waals surface area contributed by atoms with Crippen molar-refractivity contribution in [1.29, 1.82) is 0 Å². The van der Waals surface area contributed by atoms with Gasteiger partial charge in [0.2, 0.25) is 0 Å². The maximum absolute atomic E-state index is 8.93. The largest absolute Gasteiger partial charge is 2.00 e. The van der Waals surface area contributed by atoms with E-state index in [1.807, 2.05) is 0 Å². The quantitative estimate of drug-likeness (QED) is 0.342. The molecule has 0 aliphatic rings. The zero-order chi connectivity index (χ0) is 4.71. The van der Waals surface area contributed by atoms with Gasteiger partial charge in [0.1, 0.15) is 0 Å². The Bertz CT molecular complexity index is 8.75. The molecule has 0 N–H and O–H groups in total. The van der Waals surface area contributed by atoms with Crippen molar-refractivity contribution in [2.75, 3.05) is 13.7 Å². The van der Waals surface area contributed by atoms with Crippen LogP contribution in [0.4, 0.5) is 0 Å². The standard InChI is InChI=1S/C2H5O.CH3O.Ca/c1-2-3;1-2;/h2H2,1H3;1H3;/q2*-1;+2. The van der Waals surface area contributed by atoms with Crippen LogP contribution in [-0.4, -0.2) is 51.5 Å². The fraction of sp³-hybridized carbons (Fsp3) is 1.00. The van der Waals surface area contributed by atoms with Gasteiger partial charge in [-0.25, -0.2) is 0 Å². The predicted octanol–water partition coefficient (Wildman–Crippen LogP) is -2.04. The van der Waals surface area contributed by atoms with Crippen molar-refractivity contribution < 1.29 is 10.2 Å². The first-order chi connectivity index (χ1) is 2.41. The molecule has 0 unspecified atom stereocenters. The van der Waals surface area contributed by atoms with Crippen LogP contribution in [-0.2, 0) is 0 Å². The molecule has 0 aromatic heterocycles. The topological polar surface area (TPSA) is 46.1 Å². The Morgan fingerprint density at radius 2 is 1.33 bits per heavy atom. The van der Waals surface area contributed by atoms with Crippen molar-refractivity contribution in [2.45, 2.75) is 6.92 Å². The first kappa shape index (κ1) is 15.7. The van der Waals surface area contributed by atoms with Crippen LogP contribution >= 0.6 is 0 Å². The van der Waals surface area contributed by atoms with Crippen molar-refractivity contribution in [3.8, 4) is 0 Å². The Hall–Kier alpha value is 1.18.